The number of fused-ring (bicyclic) bond motifs is 4. The van der Waals surface area contributed by atoms with Crippen molar-refractivity contribution in [3.8, 4) is 0 Å². The minimum atomic E-state index is -1.84. The standard InChI is InChI=1S/C18H16N2O4.C18H12N2O2/c1-17(21,15-19-11-7-3-5-9-13(11)23-15)18(2,22)16-20-12-8-4-6-10-14(12)24-16;1-11(17-19-13-7-3-5-9-15(13)21-17)12(2)18-20-14-8-4-6-10-16(14)22-18/h3-10,21-22H,1-2H3;3-10H,1-2H2. The molecule has 0 saturated heterocycles. The van der Waals surface area contributed by atoms with Gasteiger partial charge >= 0.3 is 0 Å². The molecule has 4 aromatic heterocycles. The lowest BCUT2D eigenvalue weighted by Gasteiger charge is -2.33. The van der Waals surface area contributed by atoms with E-state index >= 15 is 0 Å². The number of aromatic nitrogens is 4. The van der Waals surface area contributed by atoms with E-state index in [0.717, 1.165) is 11.0 Å². The highest BCUT2D eigenvalue weighted by Crippen LogP contribution is 2.41. The second-order valence-corrected chi connectivity index (χ2v) is 11.0. The molecule has 2 atom stereocenters. The predicted molar refractivity (Wildman–Crippen MR) is 173 cm³/mol. The molecular weight excluding hydrogens is 584 g/mol. The molecule has 8 aromatic rings. The second-order valence-electron chi connectivity index (χ2n) is 11.0. The summed E-state index contributed by atoms with van der Waals surface area (Å²) >= 11 is 0. The van der Waals surface area contributed by atoms with Gasteiger partial charge in [-0.1, -0.05) is 61.7 Å². The average molecular weight is 613 g/mol. The molecule has 0 aliphatic rings. The highest BCUT2D eigenvalue weighted by atomic mass is 16.4. The number of oxazole rings is 4. The van der Waals surface area contributed by atoms with Crippen molar-refractivity contribution in [3.05, 3.63) is 134 Å². The van der Waals surface area contributed by atoms with Crippen LogP contribution in [-0.4, -0.2) is 30.1 Å². The summed E-state index contributed by atoms with van der Waals surface area (Å²) < 4.78 is 22.7. The maximum Gasteiger partial charge on any atom is 0.230 e. The van der Waals surface area contributed by atoms with Gasteiger partial charge < -0.3 is 27.9 Å². The molecule has 10 heteroatoms. The molecule has 2 unspecified atom stereocenters. The third-order valence-electron chi connectivity index (χ3n) is 7.84. The molecule has 0 radical (unpaired) electrons. The summed E-state index contributed by atoms with van der Waals surface area (Å²) in [7, 11) is 0. The maximum atomic E-state index is 11.0. The topological polar surface area (TPSA) is 145 Å². The third-order valence-corrected chi connectivity index (χ3v) is 7.84. The van der Waals surface area contributed by atoms with Crippen molar-refractivity contribution in [2.45, 2.75) is 25.0 Å². The Morgan fingerprint density at radius 1 is 0.478 bits per heavy atom. The fraction of sp³-hybridized carbons (Fsp3) is 0.111. The molecule has 228 valence electrons. The van der Waals surface area contributed by atoms with Crippen LogP contribution in [0.2, 0.25) is 0 Å². The summed E-state index contributed by atoms with van der Waals surface area (Å²) in [6.07, 6.45) is 0. The first kappa shape index (κ1) is 28.9. The molecule has 0 bridgehead atoms. The lowest BCUT2D eigenvalue weighted by atomic mass is 9.85. The highest BCUT2D eigenvalue weighted by Gasteiger charge is 2.52. The summed E-state index contributed by atoms with van der Waals surface area (Å²) in [5, 5.41) is 22.0. The number of rotatable bonds is 6. The van der Waals surface area contributed by atoms with E-state index in [0.29, 0.717) is 56.3 Å². The first-order valence-corrected chi connectivity index (χ1v) is 14.4. The van der Waals surface area contributed by atoms with Gasteiger partial charge in [0.15, 0.2) is 33.5 Å². The predicted octanol–water partition coefficient (Wildman–Crippen LogP) is 7.78. The molecule has 2 N–H and O–H groups in total. The van der Waals surface area contributed by atoms with E-state index in [1.165, 1.54) is 13.8 Å². The van der Waals surface area contributed by atoms with E-state index in [-0.39, 0.29) is 11.8 Å². The summed E-state index contributed by atoms with van der Waals surface area (Å²) in [4.78, 5) is 17.4. The van der Waals surface area contributed by atoms with Crippen LogP contribution in [0.3, 0.4) is 0 Å². The molecule has 8 rings (SSSR count). The Kier molecular flexibility index (Phi) is 6.88. The highest BCUT2D eigenvalue weighted by molar-refractivity contribution is 6.00. The Hall–Kier alpha value is -5.84. The lowest BCUT2D eigenvalue weighted by molar-refractivity contribution is -0.166. The average Bonchev–Trinajstić information content (AvgIpc) is 3.87. The molecule has 4 heterocycles. The van der Waals surface area contributed by atoms with Crippen LogP contribution < -0.4 is 0 Å². The van der Waals surface area contributed by atoms with Crippen LogP contribution in [0.4, 0.5) is 0 Å². The zero-order valence-corrected chi connectivity index (χ0v) is 25.0. The van der Waals surface area contributed by atoms with E-state index in [1.54, 1.807) is 24.3 Å². The summed E-state index contributed by atoms with van der Waals surface area (Å²) in [6.45, 7) is 10.9. The Morgan fingerprint density at radius 2 is 0.761 bits per heavy atom. The number of nitrogens with zero attached hydrogens (tertiary/aromatic N) is 4. The minimum absolute atomic E-state index is 0.00374. The van der Waals surface area contributed by atoms with Gasteiger partial charge in [0.1, 0.15) is 22.1 Å². The van der Waals surface area contributed by atoms with Gasteiger partial charge in [0.05, 0.1) is 0 Å². The molecule has 0 spiro atoms. The molecule has 46 heavy (non-hydrogen) atoms. The fourth-order valence-electron chi connectivity index (χ4n) is 4.84. The lowest BCUT2D eigenvalue weighted by Crippen LogP contribution is -2.45. The van der Waals surface area contributed by atoms with Crippen LogP contribution in [-0.2, 0) is 11.2 Å². The van der Waals surface area contributed by atoms with E-state index in [2.05, 4.69) is 33.1 Å². The van der Waals surface area contributed by atoms with Crippen LogP contribution in [0.15, 0.2) is 128 Å². The van der Waals surface area contributed by atoms with Crippen LogP contribution in [0.5, 0.6) is 0 Å². The summed E-state index contributed by atoms with van der Waals surface area (Å²) in [5.74, 6) is 0.842. The van der Waals surface area contributed by atoms with Crippen molar-refractivity contribution < 1.29 is 27.9 Å². The number of benzene rings is 4. The van der Waals surface area contributed by atoms with Crippen molar-refractivity contribution in [2.24, 2.45) is 0 Å². The van der Waals surface area contributed by atoms with Gasteiger partial charge in [-0.15, -0.1) is 0 Å². The SMILES string of the molecule is C=C(C(=C)c1nc2ccccc2o1)c1nc2ccccc2o1.CC(O)(c1nc2ccccc2o1)C(C)(O)c1nc2ccccc2o1. The zero-order valence-electron chi connectivity index (χ0n) is 25.0. The number of aliphatic hydroxyl groups is 2. The Bertz CT molecular complexity index is 2090. The van der Waals surface area contributed by atoms with Gasteiger partial charge in [-0.3, -0.25) is 0 Å². The van der Waals surface area contributed by atoms with Gasteiger partial charge in [0.25, 0.3) is 0 Å². The van der Waals surface area contributed by atoms with Crippen molar-refractivity contribution in [2.75, 3.05) is 0 Å². The van der Waals surface area contributed by atoms with Crippen molar-refractivity contribution >= 4 is 55.5 Å². The van der Waals surface area contributed by atoms with Crippen LogP contribution in [0, 0.1) is 0 Å². The van der Waals surface area contributed by atoms with Gasteiger partial charge in [-0.25, -0.2) is 19.9 Å². The number of para-hydroxylation sites is 8. The summed E-state index contributed by atoms with van der Waals surface area (Å²) in [6, 6.07) is 29.4. The monoisotopic (exact) mass is 612 g/mol. The smallest absolute Gasteiger partial charge is 0.230 e. The molecule has 0 fully saturated rings. The van der Waals surface area contributed by atoms with E-state index in [4.69, 9.17) is 17.7 Å². The zero-order chi connectivity index (χ0) is 32.1. The Balaban J connectivity index is 0.000000147. The van der Waals surface area contributed by atoms with Gasteiger partial charge in [0.2, 0.25) is 23.6 Å². The summed E-state index contributed by atoms with van der Waals surface area (Å²) in [5.41, 5.74) is 2.68. The van der Waals surface area contributed by atoms with Gasteiger partial charge in [0, 0.05) is 11.1 Å². The van der Waals surface area contributed by atoms with Crippen LogP contribution in [0.25, 0.3) is 55.5 Å². The number of hydrogen-bond acceptors (Lipinski definition) is 10. The molecule has 10 nitrogen and oxygen atoms in total. The normalized spacial score (nSPS) is 14.2. The first-order chi connectivity index (χ1) is 22.1. The van der Waals surface area contributed by atoms with Crippen LogP contribution in [0.1, 0.15) is 37.4 Å². The molecule has 0 aliphatic heterocycles. The minimum Gasteiger partial charge on any atom is -0.437 e. The number of allylic oxidation sites excluding steroid dienone is 2. The van der Waals surface area contributed by atoms with Gasteiger partial charge in [-0.2, -0.15) is 0 Å². The molecule has 0 amide bonds. The van der Waals surface area contributed by atoms with Crippen molar-refractivity contribution in [1.82, 2.24) is 19.9 Å². The van der Waals surface area contributed by atoms with E-state index < -0.39 is 11.2 Å². The maximum absolute atomic E-state index is 11.0. The third kappa shape index (κ3) is 4.95. The molecular formula is C36H28N4O6. The number of hydrogen-bond donors (Lipinski definition) is 2. The van der Waals surface area contributed by atoms with E-state index in [1.807, 2.05) is 72.8 Å². The largest absolute Gasteiger partial charge is 0.437 e. The Morgan fingerprint density at radius 3 is 1.07 bits per heavy atom. The molecule has 4 aromatic carbocycles. The molecule has 0 saturated carbocycles. The quantitative estimate of drug-likeness (QED) is 0.179. The van der Waals surface area contributed by atoms with Gasteiger partial charge in [-0.05, 0) is 62.4 Å². The van der Waals surface area contributed by atoms with Crippen molar-refractivity contribution in [1.29, 1.82) is 0 Å². The fourth-order valence-corrected chi connectivity index (χ4v) is 4.84. The van der Waals surface area contributed by atoms with Crippen molar-refractivity contribution in [3.63, 3.8) is 0 Å². The Labute approximate surface area is 262 Å². The molecule has 0 aliphatic carbocycles. The first-order valence-electron chi connectivity index (χ1n) is 14.4. The second kappa shape index (κ2) is 11.0. The van der Waals surface area contributed by atoms with E-state index in [9.17, 15) is 10.2 Å². The van der Waals surface area contributed by atoms with Crippen LogP contribution >= 0.6 is 0 Å².